The molecule has 0 saturated heterocycles. The van der Waals surface area contributed by atoms with Crippen LogP contribution in [0.15, 0.2) is 109 Å². The van der Waals surface area contributed by atoms with Crippen molar-refractivity contribution in [1.29, 1.82) is 0 Å². The Morgan fingerprint density at radius 2 is 0.506 bits per heavy atom. The van der Waals surface area contributed by atoms with E-state index in [1.165, 1.54) is 154 Å². The van der Waals surface area contributed by atoms with Crippen molar-refractivity contribution in [3.05, 3.63) is 109 Å². The maximum absolute atomic E-state index is 12.9. The second kappa shape index (κ2) is 64.6. The highest BCUT2D eigenvalue weighted by atomic mass is 16.6. The number of carbonyl (C=O) groups excluding carboxylic acids is 3. The molecule has 0 aromatic carbocycles. The van der Waals surface area contributed by atoms with Gasteiger partial charge >= 0.3 is 17.9 Å². The van der Waals surface area contributed by atoms with Crippen molar-refractivity contribution in [2.45, 2.75) is 309 Å². The van der Waals surface area contributed by atoms with Gasteiger partial charge in [0.05, 0.1) is 0 Å². The topological polar surface area (TPSA) is 78.9 Å². The molecule has 0 aliphatic heterocycles. The Morgan fingerprint density at radius 3 is 0.831 bits per heavy atom. The first kappa shape index (κ1) is 73.1. The van der Waals surface area contributed by atoms with Gasteiger partial charge < -0.3 is 14.2 Å². The summed E-state index contributed by atoms with van der Waals surface area (Å²) in [6.45, 7) is 6.39. The van der Waals surface area contributed by atoms with E-state index in [1.807, 2.05) is 0 Å². The number of carbonyl (C=O) groups is 3. The molecule has 0 aromatic heterocycles. The smallest absolute Gasteiger partial charge is 0.306 e. The van der Waals surface area contributed by atoms with E-state index in [1.54, 1.807) is 0 Å². The van der Waals surface area contributed by atoms with Crippen LogP contribution in [0.1, 0.15) is 303 Å². The number of hydrogen-bond acceptors (Lipinski definition) is 6. The Kier molecular flexibility index (Phi) is 61.3. The predicted molar refractivity (Wildman–Crippen MR) is 334 cm³/mol. The van der Waals surface area contributed by atoms with Gasteiger partial charge in [-0.05, 0) is 122 Å². The molecule has 6 nitrogen and oxygen atoms in total. The average Bonchev–Trinajstić information content (AvgIpc) is 3.43. The summed E-state index contributed by atoms with van der Waals surface area (Å²) in [4.78, 5) is 38.3. The third-order valence-electron chi connectivity index (χ3n) is 13.7. The molecule has 0 amide bonds. The standard InChI is InChI=1S/C71H120O6/c1-4-7-10-13-16-19-22-25-28-30-31-32-33-34-35-36-37-38-39-41-43-46-49-52-55-58-61-64-70(73)76-67-68(66-75-69(72)63-60-57-54-51-48-45-42-27-24-21-18-15-12-9-6-3)77-71(74)65-62-59-56-53-50-47-44-40-29-26-23-20-17-14-11-8-5-2/h7,9-10,12,16,18-19,21,25-29,31-32,42,48,51,68H,4-6,8,11,13-15,17,20,22-24,30,33-41,43-47,49-50,52-67H2,1-3H3/b10-7-,12-9-,19-16-,21-18-,28-25-,29-26-,32-31-,42-27-,51-48-. The summed E-state index contributed by atoms with van der Waals surface area (Å²) in [6.07, 6.45) is 88.2. The lowest BCUT2D eigenvalue weighted by Gasteiger charge is -2.18. The number of unbranched alkanes of at least 4 members (excludes halogenated alkanes) is 29. The molecule has 0 heterocycles. The highest BCUT2D eigenvalue weighted by molar-refractivity contribution is 5.71. The Balaban J connectivity index is 4.33. The zero-order valence-corrected chi connectivity index (χ0v) is 50.4. The fourth-order valence-electron chi connectivity index (χ4n) is 8.95. The van der Waals surface area contributed by atoms with Gasteiger partial charge in [-0.2, -0.15) is 0 Å². The van der Waals surface area contributed by atoms with Gasteiger partial charge in [0.1, 0.15) is 13.2 Å². The fourth-order valence-corrected chi connectivity index (χ4v) is 8.95. The molecule has 0 saturated carbocycles. The van der Waals surface area contributed by atoms with Gasteiger partial charge in [0.2, 0.25) is 0 Å². The minimum Gasteiger partial charge on any atom is -0.462 e. The number of rotatable bonds is 58. The maximum atomic E-state index is 12.9. The first-order valence-electron chi connectivity index (χ1n) is 32.4. The molecule has 6 heteroatoms. The molecule has 0 spiro atoms. The minimum atomic E-state index is -0.799. The minimum absolute atomic E-state index is 0.0927. The lowest BCUT2D eigenvalue weighted by molar-refractivity contribution is -0.167. The van der Waals surface area contributed by atoms with Gasteiger partial charge in [-0.15, -0.1) is 0 Å². The number of ether oxygens (including phenoxy) is 3. The highest BCUT2D eigenvalue weighted by Crippen LogP contribution is 2.16. The Bertz CT molecular complexity index is 1560. The van der Waals surface area contributed by atoms with E-state index >= 15 is 0 Å². The summed E-state index contributed by atoms with van der Waals surface area (Å²) in [6, 6.07) is 0. The normalized spacial score (nSPS) is 12.8. The van der Waals surface area contributed by atoms with Crippen LogP contribution in [0, 0.1) is 0 Å². The number of esters is 3. The molecule has 0 rings (SSSR count). The van der Waals surface area contributed by atoms with Crippen LogP contribution in [-0.2, 0) is 28.6 Å². The lowest BCUT2D eigenvalue weighted by atomic mass is 10.0. The zero-order chi connectivity index (χ0) is 55.7. The second-order valence-corrected chi connectivity index (χ2v) is 21.3. The molecule has 0 aromatic rings. The first-order valence-corrected chi connectivity index (χ1v) is 32.4. The van der Waals surface area contributed by atoms with Crippen molar-refractivity contribution in [2.24, 2.45) is 0 Å². The van der Waals surface area contributed by atoms with E-state index in [-0.39, 0.29) is 31.1 Å². The summed E-state index contributed by atoms with van der Waals surface area (Å²) in [5.41, 5.74) is 0. The zero-order valence-electron chi connectivity index (χ0n) is 50.4. The van der Waals surface area contributed by atoms with Crippen LogP contribution in [-0.4, -0.2) is 37.2 Å². The van der Waals surface area contributed by atoms with Crippen molar-refractivity contribution in [2.75, 3.05) is 13.2 Å². The van der Waals surface area contributed by atoms with E-state index in [9.17, 15) is 14.4 Å². The summed E-state index contributed by atoms with van der Waals surface area (Å²) < 4.78 is 16.9. The Hall–Kier alpha value is -3.93. The third-order valence-corrected chi connectivity index (χ3v) is 13.7. The van der Waals surface area contributed by atoms with Gasteiger partial charge in [0.15, 0.2) is 6.10 Å². The molecular weight excluding hydrogens is 949 g/mol. The molecule has 0 radical (unpaired) electrons. The SMILES string of the molecule is CC/C=C\C/C=C\C/C=C\C/C=C\CCCCCCCCCCCCCCCCC(=O)OCC(COC(=O)CCCC/C=C\C/C=C\C/C=C\C/C=C\CC)OC(=O)CCCCCCCCC/C=C\CCCCCCCC. The maximum Gasteiger partial charge on any atom is 0.306 e. The highest BCUT2D eigenvalue weighted by Gasteiger charge is 2.19. The third kappa shape index (κ3) is 62.8. The van der Waals surface area contributed by atoms with Crippen LogP contribution in [0.2, 0.25) is 0 Å². The van der Waals surface area contributed by atoms with Crippen molar-refractivity contribution in [1.82, 2.24) is 0 Å². The quantitative estimate of drug-likeness (QED) is 0.0261. The predicted octanol–water partition coefficient (Wildman–Crippen LogP) is 22.2. The summed E-state index contributed by atoms with van der Waals surface area (Å²) in [7, 11) is 0. The van der Waals surface area contributed by atoms with E-state index in [4.69, 9.17) is 14.2 Å². The molecule has 0 fully saturated rings. The van der Waals surface area contributed by atoms with E-state index in [0.717, 1.165) is 109 Å². The first-order chi connectivity index (χ1) is 38.0. The van der Waals surface area contributed by atoms with Crippen molar-refractivity contribution < 1.29 is 28.6 Å². The van der Waals surface area contributed by atoms with Crippen LogP contribution in [0.25, 0.3) is 0 Å². The summed E-state index contributed by atoms with van der Waals surface area (Å²) >= 11 is 0. The van der Waals surface area contributed by atoms with Crippen molar-refractivity contribution >= 4 is 17.9 Å². The van der Waals surface area contributed by atoms with Crippen LogP contribution in [0.3, 0.4) is 0 Å². The molecule has 440 valence electrons. The molecule has 0 N–H and O–H groups in total. The van der Waals surface area contributed by atoms with Gasteiger partial charge in [0, 0.05) is 19.3 Å². The van der Waals surface area contributed by atoms with Crippen LogP contribution in [0.4, 0.5) is 0 Å². The van der Waals surface area contributed by atoms with Gasteiger partial charge in [-0.1, -0.05) is 271 Å². The molecule has 1 unspecified atom stereocenters. The average molecular weight is 1070 g/mol. The largest absolute Gasteiger partial charge is 0.462 e. The Morgan fingerprint density at radius 1 is 0.273 bits per heavy atom. The summed E-state index contributed by atoms with van der Waals surface area (Å²) in [5, 5.41) is 0. The van der Waals surface area contributed by atoms with E-state index in [0.29, 0.717) is 19.3 Å². The molecule has 77 heavy (non-hydrogen) atoms. The summed E-state index contributed by atoms with van der Waals surface area (Å²) in [5.74, 6) is -0.932. The fraction of sp³-hybridized carbons (Fsp3) is 0.704. The monoisotopic (exact) mass is 1070 g/mol. The van der Waals surface area contributed by atoms with Gasteiger partial charge in [0.25, 0.3) is 0 Å². The molecule has 1 atom stereocenters. The van der Waals surface area contributed by atoms with Crippen molar-refractivity contribution in [3.8, 4) is 0 Å². The number of allylic oxidation sites excluding steroid dienone is 18. The van der Waals surface area contributed by atoms with Crippen molar-refractivity contribution in [3.63, 3.8) is 0 Å². The molecule has 0 aliphatic carbocycles. The molecular formula is C71H120O6. The molecule has 0 aliphatic rings. The van der Waals surface area contributed by atoms with Crippen LogP contribution < -0.4 is 0 Å². The second-order valence-electron chi connectivity index (χ2n) is 21.3. The number of hydrogen-bond donors (Lipinski definition) is 0. The van der Waals surface area contributed by atoms with E-state index < -0.39 is 6.10 Å². The van der Waals surface area contributed by atoms with Gasteiger partial charge in [-0.25, -0.2) is 0 Å². The van der Waals surface area contributed by atoms with Crippen LogP contribution in [0.5, 0.6) is 0 Å². The van der Waals surface area contributed by atoms with E-state index in [2.05, 4.69) is 130 Å². The molecule has 0 bridgehead atoms. The van der Waals surface area contributed by atoms with Crippen LogP contribution >= 0.6 is 0 Å². The Labute approximate surface area is 476 Å². The van der Waals surface area contributed by atoms with Gasteiger partial charge in [-0.3, -0.25) is 14.4 Å². The lowest BCUT2D eigenvalue weighted by Crippen LogP contribution is -2.30.